The minimum Gasteiger partial charge on any atom is -0.329 e. The zero-order valence-corrected chi connectivity index (χ0v) is 13.7. The molecule has 0 bridgehead atoms. The molecule has 1 N–H and O–H groups in total. The van der Waals surface area contributed by atoms with E-state index in [2.05, 4.69) is 30.7 Å². The summed E-state index contributed by atoms with van der Waals surface area (Å²) in [6, 6.07) is -0.0605. The topological polar surface area (TPSA) is 109 Å². The van der Waals surface area contributed by atoms with Crippen molar-refractivity contribution in [2.45, 2.75) is 38.8 Å². The van der Waals surface area contributed by atoms with Crippen molar-refractivity contribution in [2.75, 3.05) is 18.5 Å². The molecule has 126 valence electrons. The van der Waals surface area contributed by atoms with Gasteiger partial charge in [-0.05, 0) is 36.6 Å². The summed E-state index contributed by atoms with van der Waals surface area (Å²) >= 11 is 0. The van der Waals surface area contributed by atoms with Gasteiger partial charge in [0, 0.05) is 19.3 Å². The quantitative estimate of drug-likeness (QED) is 0.842. The van der Waals surface area contributed by atoms with E-state index in [0.717, 1.165) is 30.8 Å². The molecule has 10 heteroatoms. The van der Waals surface area contributed by atoms with Crippen molar-refractivity contribution in [3.05, 3.63) is 23.4 Å². The Bertz CT molecular complexity index is 778. The lowest BCUT2D eigenvalue weighted by Gasteiger charge is -2.36. The maximum atomic E-state index is 13.2. The number of likely N-dealkylation sites (tertiary alicyclic amines) is 1. The number of nitrogens with zero attached hydrogens (tertiary/aromatic N) is 8. The second-order valence-electron chi connectivity index (χ2n) is 6.14. The van der Waals surface area contributed by atoms with Gasteiger partial charge in [-0.1, -0.05) is 5.10 Å². The number of nitrogens with one attached hydrogen (secondary N) is 1. The summed E-state index contributed by atoms with van der Waals surface area (Å²) in [6.07, 6.45) is 4.44. The number of piperidine rings is 1. The van der Waals surface area contributed by atoms with Gasteiger partial charge in [0.25, 0.3) is 5.91 Å². The number of rotatable bonds is 2. The van der Waals surface area contributed by atoms with E-state index in [1.807, 2.05) is 23.8 Å². The maximum absolute atomic E-state index is 13.2. The van der Waals surface area contributed by atoms with Crippen LogP contribution in [0.15, 0.2) is 17.6 Å². The van der Waals surface area contributed by atoms with Crippen LogP contribution in [0.2, 0.25) is 0 Å². The van der Waals surface area contributed by atoms with Crippen LogP contribution in [0.3, 0.4) is 0 Å². The van der Waals surface area contributed by atoms with Crippen molar-refractivity contribution in [1.29, 1.82) is 0 Å². The van der Waals surface area contributed by atoms with Crippen LogP contribution >= 0.6 is 0 Å². The number of hydrogen-bond acceptors (Lipinski definition) is 7. The molecule has 0 radical (unpaired) electrons. The number of hydrogen-bond donors (Lipinski definition) is 1. The third kappa shape index (κ3) is 2.25. The number of carbonyl (C=O) groups excluding carboxylic acids is 1. The van der Waals surface area contributed by atoms with Crippen molar-refractivity contribution in [2.24, 2.45) is 0 Å². The van der Waals surface area contributed by atoms with Crippen molar-refractivity contribution in [3.8, 4) is 0 Å². The Morgan fingerprint density at radius 3 is 3.04 bits per heavy atom. The average molecular weight is 329 g/mol. The molecule has 10 nitrogen and oxygen atoms in total. The fourth-order valence-corrected chi connectivity index (χ4v) is 3.39. The third-order valence-electron chi connectivity index (χ3n) is 4.83. The number of fused-ring (bicyclic) bond motifs is 1. The lowest BCUT2D eigenvalue weighted by molar-refractivity contribution is -0.131. The molecule has 4 rings (SSSR count). The second-order valence-corrected chi connectivity index (χ2v) is 6.14. The van der Waals surface area contributed by atoms with E-state index in [4.69, 9.17) is 0 Å². The van der Waals surface area contributed by atoms with Crippen LogP contribution in [0, 0.1) is 0 Å². The second kappa shape index (κ2) is 5.69. The molecule has 2 aromatic heterocycles. The van der Waals surface area contributed by atoms with Gasteiger partial charge in [0.15, 0.2) is 0 Å². The van der Waals surface area contributed by atoms with E-state index in [0.29, 0.717) is 24.6 Å². The Labute approximate surface area is 138 Å². The first kappa shape index (κ1) is 14.8. The van der Waals surface area contributed by atoms with Gasteiger partial charge in [-0.25, -0.2) is 9.67 Å². The lowest BCUT2D eigenvalue weighted by atomic mass is 9.99. The van der Waals surface area contributed by atoms with E-state index < -0.39 is 0 Å². The Morgan fingerprint density at radius 2 is 2.25 bits per heavy atom. The van der Waals surface area contributed by atoms with E-state index in [9.17, 15) is 4.79 Å². The van der Waals surface area contributed by atoms with Crippen LogP contribution in [0.25, 0.3) is 0 Å². The van der Waals surface area contributed by atoms with Crippen LogP contribution in [-0.2, 0) is 11.3 Å². The molecular formula is C14H19N9O. The van der Waals surface area contributed by atoms with Gasteiger partial charge in [-0.3, -0.25) is 9.89 Å². The summed E-state index contributed by atoms with van der Waals surface area (Å²) in [5, 5.41) is 18.5. The Kier molecular flexibility index (Phi) is 3.51. The molecule has 0 saturated carbocycles. The highest BCUT2D eigenvalue weighted by Gasteiger charge is 2.35. The number of H-pyrrole nitrogens is 1. The fourth-order valence-electron chi connectivity index (χ4n) is 3.39. The summed E-state index contributed by atoms with van der Waals surface area (Å²) in [4.78, 5) is 21.2. The molecule has 24 heavy (non-hydrogen) atoms. The van der Waals surface area contributed by atoms with Crippen LogP contribution in [0.1, 0.15) is 38.1 Å². The standard InChI is InChI=1S/C14H19N9O/c1-9-10(7-23-14(21(9)2)18-19-20-23)13(24)22-6-4-3-5-11(22)12-15-8-16-17-12/h8,11H,3-7H2,1-2H3,(H,15,16,17)/t11-/m1/s1. The summed E-state index contributed by atoms with van der Waals surface area (Å²) < 4.78 is 1.65. The van der Waals surface area contributed by atoms with Gasteiger partial charge in [0.05, 0.1) is 18.2 Å². The van der Waals surface area contributed by atoms with Crippen LogP contribution in [0.5, 0.6) is 0 Å². The Balaban J connectivity index is 1.66. The molecule has 0 spiro atoms. The van der Waals surface area contributed by atoms with E-state index in [1.54, 1.807) is 4.68 Å². The molecule has 2 aromatic rings. The maximum Gasteiger partial charge on any atom is 0.254 e. The zero-order chi connectivity index (χ0) is 16.7. The molecule has 2 aliphatic rings. The molecule has 1 fully saturated rings. The van der Waals surface area contributed by atoms with Crippen molar-refractivity contribution >= 4 is 11.9 Å². The van der Waals surface area contributed by atoms with Gasteiger partial charge >= 0.3 is 0 Å². The highest BCUT2D eigenvalue weighted by molar-refractivity contribution is 5.95. The van der Waals surface area contributed by atoms with Crippen LogP contribution in [-0.4, -0.2) is 59.8 Å². The highest BCUT2D eigenvalue weighted by Crippen LogP contribution is 2.32. The molecule has 0 unspecified atom stereocenters. The summed E-state index contributed by atoms with van der Waals surface area (Å²) in [5.41, 5.74) is 1.59. The Morgan fingerprint density at radius 1 is 1.38 bits per heavy atom. The largest absolute Gasteiger partial charge is 0.329 e. The summed E-state index contributed by atoms with van der Waals surface area (Å²) in [6.45, 7) is 3.03. The van der Waals surface area contributed by atoms with Gasteiger partial charge in [0.1, 0.15) is 12.2 Å². The SMILES string of the molecule is CC1=C(C(=O)N2CCCC[C@@H]2c2ncn[nH]2)Cn2nnnc2N1C. The molecule has 0 aliphatic carbocycles. The first-order valence-corrected chi connectivity index (χ1v) is 8.02. The average Bonchev–Trinajstić information content (AvgIpc) is 3.29. The number of carbonyl (C=O) groups is 1. The van der Waals surface area contributed by atoms with E-state index in [-0.39, 0.29) is 11.9 Å². The van der Waals surface area contributed by atoms with Gasteiger partial charge in [-0.15, -0.1) is 0 Å². The number of aromatic nitrogens is 7. The minimum atomic E-state index is -0.0605. The molecule has 2 aliphatic heterocycles. The molecule has 4 heterocycles. The van der Waals surface area contributed by atoms with Crippen molar-refractivity contribution in [1.82, 2.24) is 40.3 Å². The molecule has 0 aromatic carbocycles. The summed E-state index contributed by atoms with van der Waals surface area (Å²) in [5.74, 6) is 1.41. The normalized spacial score (nSPS) is 21.2. The molecular weight excluding hydrogens is 310 g/mol. The monoisotopic (exact) mass is 329 g/mol. The van der Waals surface area contributed by atoms with E-state index >= 15 is 0 Å². The lowest BCUT2D eigenvalue weighted by Crippen LogP contribution is -2.42. The van der Waals surface area contributed by atoms with Gasteiger partial charge < -0.3 is 9.80 Å². The predicted molar refractivity (Wildman–Crippen MR) is 83.6 cm³/mol. The van der Waals surface area contributed by atoms with Crippen LogP contribution < -0.4 is 4.90 Å². The summed E-state index contributed by atoms with van der Waals surface area (Å²) in [7, 11) is 1.87. The molecule has 1 saturated heterocycles. The predicted octanol–water partition coefficient (Wildman–Crippen LogP) is 0.269. The van der Waals surface area contributed by atoms with Crippen LogP contribution in [0.4, 0.5) is 5.95 Å². The zero-order valence-electron chi connectivity index (χ0n) is 13.7. The number of aromatic amines is 1. The highest BCUT2D eigenvalue weighted by atomic mass is 16.2. The number of amides is 1. The van der Waals surface area contributed by atoms with Gasteiger partial charge in [0.2, 0.25) is 5.95 Å². The molecule has 1 atom stereocenters. The van der Waals surface area contributed by atoms with Crippen molar-refractivity contribution < 1.29 is 4.79 Å². The minimum absolute atomic E-state index is 0.0154. The van der Waals surface area contributed by atoms with Crippen molar-refractivity contribution in [3.63, 3.8) is 0 Å². The number of allylic oxidation sites excluding steroid dienone is 1. The smallest absolute Gasteiger partial charge is 0.254 e. The fraction of sp³-hybridized carbons (Fsp3) is 0.571. The third-order valence-corrected chi connectivity index (χ3v) is 4.83. The van der Waals surface area contributed by atoms with Gasteiger partial charge in [-0.2, -0.15) is 5.10 Å². The Hall–Kier alpha value is -2.78. The first-order valence-electron chi connectivity index (χ1n) is 8.02. The first-order chi connectivity index (χ1) is 11.7. The number of tetrazole rings is 1. The molecule has 1 amide bonds. The number of anilines is 1. The van der Waals surface area contributed by atoms with E-state index in [1.165, 1.54) is 6.33 Å².